The van der Waals surface area contributed by atoms with Crippen LogP contribution < -0.4 is 16.0 Å². The zero-order valence-electron chi connectivity index (χ0n) is 23.8. The Morgan fingerprint density at radius 3 is 2.72 bits per heavy atom. The Hall–Kier alpha value is -4.64. The summed E-state index contributed by atoms with van der Waals surface area (Å²) in [5.41, 5.74) is 5.97. The molecule has 10 heteroatoms. The first kappa shape index (κ1) is 28.5. The average molecular weight is 579 g/mol. The van der Waals surface area contributed by atoms with E-state index in [0.717, 1.165) is 65.1 Å². The largest absolute Gasteiger partial charge is 0.390 e. The number of benzene rings is 3. The van der Waals surface area contributed by atoms with E-state index in [4.69, 9.17) is 5.41 Å². The molecular formula is C33H35FN8O. The number of piperazine rings is 1. The van der Waals surface area contributed by atoms with Crippen LogP contribution in [0.1, 0.15) is 11.1 Å². The number of aliphatic hydroxyl groups is 1. The summed E-state index contributed by atoms with van der Waals surface area (Å²) >= 11 is 0. The lowest BCUT2D eigenvalue weighted by Gasteiger charge is -2.29. The maximum absolute atomic E-state index is 13.6. The third-order valence-corrected chi connectivity index (χ3v) is 7.66. The van der Waals surface area contributed by atoms with Crippen molar-refractivity contribution in [3.05, 3.63) is 102 Å². The van der Waals surface area contributed by atoms with Crippen molar-refractivity contribution in [3.8, 4) is 11.1 Å². The Labute approximate surface area is 249 Å². The SMILES string of the molecule is N=Cc1cc(Nc2ncnc3ccc(-c4ccn(CC(O)CN5CCNCC5)c4)cc23)ccc1NCc1cccc(F)c1. The molecule has 1 atom stereocenters. The number of hydrogen-bond acceptors (Lipinski definition) is 8. The highest BCUT2D eigenvalue weighted by atomic mass is 19.1. The van der Waals surface area contributed by atoms with Crippen LogP contribution in [0.3, 0.4) is 0 Å². The van der Waals surface area contributed by atoms with E-state index in [2.05, 4.69) is 49.1 Å². The predicted octanol–water partition coefficient (Wildman–Crippen LogP) is 4.86. The number of anilines is 3. The van der Waals surface area contributed by atoms with Crippen molar-refractivity contribution in [2.75, 3.05) is 43.4 Å². The van der Waals surface area contributed by atoms with E-state index in [0.29, 0.717) is 31.0 Å². The van der Waals surface area contributed by atoms with Gasteiger partial charge in [-0.15, -0.1) is 0 Å². The molecule has 1 aliphatic heterocycles. The summed E-state index contributed by atoms with van der Waals surface area (Å²) in [4.78, 5) is 11.3. The highest BCUT2D eigenvalue weighted by Gasteiger charge is 2.15. The standard InChI is InChI=1S/C33H35FN8O/c34-27-3-1-2-23(14-27)18-37-31-7-5-28(15-26(31)17-35)40-33-30-16-24(4-6-32(30)38-22-39-33)25-8-11-42(19-25)21-29(43)20-41-12-9-36-10-13-41/h1-8,11,14-17,19,22,29,35-37,43H,9-10,12-13,18,20-21H2,(H,38,39,40). The fraction of sp³-hybridized carbons (Fsp3) is 0.242. The zero-order chi connectivity index (χ0) is 29.6. The molecule has 0 aliphatic carbocycles. The number of halogens is 1. The van der Waals surface area contributed by atoms with E-state index >= 15 is 0 Å². The van der Waals surface area contributed by atoms with E-state index in [-0.39, 0.29) is 5.82 Å². The first-order chi connectivity index (χ1) is 21.0. The lowest BCUT2D eigenvalue weighted by molar-refractivity contribution is 0.0919. The van der Waals surface area contributed by atoms with Gasteiger partial charge in [0.1, 0.15) is 18.0 Å². The molecule has 0 radical (unpaired) electrons. The van der Waals surface area contributed by atoms with Gasteiger partial charge in [0.05, 0.1) is 11.6 Å². The number of nitrogens with zero attached hydrogens (tertiary/aromatic N) is 4. The lowest BCUT2D eigenvalue weighted by atomic mass is 10.1. The molecule has 220 valence electrons. The predicted molar refractivity (Wildman–Crippen MR) is 170 cm³/mol. The van der Waals surface area contributed by atoms with Gasteiger partial charge in [-0.3, -0.25) is 4.90 Å². The molecule has 0 spiro atoms. The number of fused-ring (bicyclic) bond motifs is 1. The maximum atomic E-state index is 13.6. The van der Waals surface area contributed by atoms with Crippen LogP contribution in [0.25, 0.3) is 22.0 Å². The lowest BCUT2D eigenvalue weighted by Crippen LogP contribution is -2.46. The van der Waals surface area contributed by atoms with Gasteiger partial charge in [0.2, 0.25) is 0 Å². The van der Waals surface area contributed by atoms with E-state index in [1.165, 1.54) is 24.7 Å². The van der Waals surface area contributed by atoms with Crippen LogP contribution in [0.15, 0.2) is 85.5 Å². The van der Waals surface area contributed by atoms with E-state index in [9.17, 15) is 9.50 Å². The second kappa shape index (κ2) is 13.1. The second-order valence-electron chi connectivity index (χ2n) is 10.8. The Kier molecular flexibility index (Phi) is 8.69. The molecule has 0 amide bonds. The molecule has 6 rings (SSSR count). The molecule has 2 aromatic heterocycles. The van der Waals surface area contributed by atoms with Crippen molar-refractivity contribution >= 4 is 34.3 Å². The van der Waals surface area contributed by atoms with Gasteiger partial charge in [0.25, 0.3) is 0 Å². The van der Waals surface area contributed by atoms with Gasteiger partial charge in [-0.25, -0.2) is 14.4 Å². The zero-order valence-corrected chi connectivity index (χ0v) is 23.8. The molecule has 0 saturated carbocycles. The van der Waals surface area contributed by atoms with Crippen LogP contribution in [-0.2, 0) is 13.1 Å². The fourth-order valence-corrected chi connectivity index (χ4v) is 5.46. The summed E-state index contributed by atoms with van der Waals surface area (Å²) < 4.78 is 15.6. The summed E-state index contributed by atoms with van der Waals surface area (Å²) in [6, 6.07) is 20.3. The minimum Gasteiger partial charge on any atom is -0.390 e. The number of rotatable bonds is 11. The number of aliphatic hydroxyl groups excluding tert-OH is 1. The van der Waals surface area contributed by atoms with Crippen molar-refractivity contribution in [1.82, 2.24) is 24.8 Å². The molecule has 5 aromatic rings. The first-order valence-electron chi connectivity index (χ1n) is 14.5. The molecule has 0 bridgehead atoms. The third kappa shape index (κ3) is 7.06. The minimum atomic E-state index is -0.437. The number of hydrogen-bond donors (Lipinski definition) is 5. The first-order valence-corrected chi connectivity index (χ1v) is 14.5. The summed E-state index contributed by atoms with van der Waals surface area (Å²) in [5.74, 6) is 0.387. The molecule has 5 N–H and O–H groups in total. The number of β-amino-alcohol motifs (C(OH)–C–C–N with tert-alkyl or cyclic N) is 1. The Morgan fingerprint density at radius 1 is 1.00 bits per heavy atom. The van der Waals surface area contributed by atoms with Crippen LogP contribution in [0, 0.1) is 11.2 Å². The Morgan fingerprint density at radius 2 is 1.88 bits per heavy atom. The molecule has 1 fully saturated rings. The van der Waals surface area contributed by atoms with Gasteiger partial charge in [0, 0.05) is 86.7 Å². The number of aromatic nitrogens is 3. The van der Waals surface area contributed by atoms with Crippen molar-refractivity contribution in [1.29, 1.82) is 5.41 Å². The molecule has 3 heterocycles. The van der Waals surface area contributed by atoms with Crippen LogP contribution in [-0.4, -0.2) is 69.6 Å². The van der Waals surface area contributed by atoms with Crippen LogP contribution in [0.2, 0.25) is 0 Å². The van der Waals surface area contributed by atoms with E-state index in [1.54, 1.807) is 6.07 Å². The topological polar surface area (TPSA) is 114 Å². The average Bonchev–Trinajstić information content (AvgIpc) is 3.49. The van der Waals surface area contributed by atoms with E-state index < -0.39 is 6.10 Å². The normalized spacial score (nSPS) is 14.5. The maximum Gasteiger partial charge on any atom is 0.141 e. The van der Waals surface area contributed by atoms with Gasteiger partial charge in [0.15, 0.2) is 0 Å². The smallest absolute Gasteiger partial charge is 0.141 e. The van der Waals surface area contributed by atoms with Gasteiger partial charge in [-0.2, -0.15) is 0 Å². The highest BCUT2D eigenvalue weighted by molar-refractivity contribution is 5.94. The Bertz CT molecular complexity index is 1710. The molecular weight excluding hydrogens is 543 g/mol. The van der Waals surface area contributed by atoms with Crippen molar-refractivity contribution in [2.24, 2.45) is 0 Å². The Balaban J connectivity index is 1.17. The molecule has 1 saturated heterocycles. The third-order valence-electron chi connectivity index (χ3n) is 7.66. The number of nitrogens with one attached hydrogen (secondary N) is 4. The van der Waals surface area contributed by atoms with E-state index in [1.807, 2.05) is 47.2 Å². The highest BCUT2D eigenvalue weighted by Crippen LogP contribution is 2.30. The molecule has 1 unspecified atom stereocenters. The minimum absolute atomic E-state index is 0.274. The van der Waals surface area contributed by atoms with Crippen LogP contribution in [0.4, 0.5) is 21.6 Å². The van der Waals surface area contributed by atoms with Gasteiger partial charge < -0.3 is 31.0 Å². The summed E-state index contributed by atoms with van der Waals surface area (Å²) in [7, 11) is 0. The molecule has 9 nitrogen and oxygen atoms in total. The summed E-state index contributed by atoms with van der Waals surface area (Å²) in [6.45, 7) is 5.51. The molecule has 1 aliphatic rings. The monoisotopic (exact) mass is 578 g/mol. The van der Waals surface area contributed by atoms with Crippen molar-refractivity contribution < 1.29 is 9.50 Å². The van der Waals surface area contributed by atoms with Crippen molar-refractivity contribution in [2.45, 2.75) is 19.2 Å². The summed E-state index contributed by atoms with van der Waals surface area (Å²) in [5, 5.41) is 29.5. The van der Waals surface area contributed by atoms with Gasteiger partial charge >= 0.3 is 0 Å². The quantitative estimate of drug-likeness (QED) is 0.142. The van der Waals surface area contributed by atoms with Gasteiger partial charge in [-0.1, -0.05) is 18.2 Å². The molecule has 43 heavy (non-hydrogen) atoms. The fourth-order valence-electron chi connectivity index (χ4n) is 5.46. The van der Waals surface area contributed by atoms with Crippen LogP contribution >= 0.6 is 0 Å². The molecule has 3 aromatic carbocycles. The van der Waals surface area contributed by atoms with Crippen molar-refractivity contribution in [3.63, 3.8) is 0 Å². The van der Waals surface area contributed by atoms with Gasteiger partial charge in [-0.05, 0) is 65.2 Å². The van der Waals surface area contributed by atoms with Crippen LogP contribution in [0.5, 0.6) is 0 Å². The summed E-state index contributed by atoms with van der Waals surface area (Å²) in [6.07, 6.45) is 6.45. The second-order valence-corrected chi connectivity index (χ2v) is 10.8.